The van der Waals surface area contributed by atoms with Crippen molar-refractivity contribution in [2.45, 2.75) is 31.0 Å². The zero-order valence-corrected chi connectivity index (χ0v) is 15.8. The van der Waals surface area contributed by atoms with Gasteiger partial charge in [0.2, 0.25) is 0 Å². The first kappa shape index (κ1) is 18.8. The molecule has 0 aliphatic carbocycles. The number of nitriles is 1. The predicted octanol–water partition coefficient (Wildman–Crippen LogP) is 1.11. The highest BCUT2D eigenvalue weighted by molar-refractivity contribution is 7.92. The molecule has 0 bridgehead atoms. The molecule has 0 saturated carbocycles. The van der Waals surface area contributed by atoms with E-state index in [0.717, 1.165) is 9.13 Å². The summed E-state index contributed by atoms with van der Waals surface area (Å²) in [7, 11) is -2.73. The number of anilines is 1. The van der Waals surface area contributed by atoms with Gasteiger partial charge in [0, 0.05) is 24.8 Å². The van der Waals surface area contributed by atoms with Gasteiger partial charge in [-0.1, -0.05) is 12.1 Å². The summed E-state index contributed by atoms with van der Waals surface area (Å²) in [6, 6.07) is 6.93. The second kappa shape index (κ2) is 6.29. The van der Waals surface area contributed by atoms with Gasteiger partial charge in [0.05, 0.1) is 28.9 Å². The zero-order chi connectivity index (χ0) is 20.0. The molecule has 0 atom stereocenters. The van der Waals surface area contributed by atoms with Gasteiger partial charge in [0.1, 0.15) is 6.07 Å². The van der Waals surface area contributed by atoms with Crippen LogP contribution in [0.25, 0.3) is 10.9 Å². The van der Waals surface area contributed by atoms with Crippen LogP contribution in [-0.4, -0.2) is 33.2 Å². The molecule has 3 N–H and O–H groups in total. The highest BCUT2D eigenvalue weighted by atomic mass is 32.2. The lowest BCUT2D eigenvalue weighted by Gasteiger charge is -2.16. The standard InChI is InChI=1S/C17H19N5O4S/c1-17(2,24)10-22-9-14(21(3)16(22)23)27(25,26)20-13-6-4-5-12-11(7-18)8-19-15(12)13/h4-6,8-9,19-20,24H,10H2,1-3H3. The molecule has 0 amide bonds. The quantitative estimate of drug-likeness (QED) is 0.601. The molecule has 0 saturated heterocycles. The molecular weight excluding hydrogens is 370 g/mol. The number of nitrogens with zero attached hydrogens (tertiary/aromatic N) is 3. The summed E-state index contributed by atoms with van der Waals surface area (Å²) >= 11 is 0. The van der Waals surface area contributed by atoms with Crippen LogP contribution in [0, 0.1) is 11.3 Å². The van der Waals surface area contributed by atoms with Crippen LogP contribution < -0.4 is 10.4 Å². The zero-order valence-electron chi connectivity index (χ0n) is 15.0. The Morgan fingerprint density at radius 3 is 2.70 bits per heavy atom. The second-order valence-electron chi connectivity index (χ2n) is 6.90. The van der Waals surface area contributed by atoms with Crippen LogP contribution in [0.15, 0.2) is 40.4 Å². The number of aliphatic hydroxyl groups is 1. The fraction of sp³-hybridized carbons (Fsp3) is 0.294. The molecule has 10 heteroatoms. The van der Waals surface area contributed by atoms with Crippen LogP contribution in [0.1, 0.15) is 19.4 Å². The number of para-hydroxylation sites is 1. The normalized spacial score (nSPS) is 12.3. The lowest BCUT2D eigenvalue weighted by Crippen LogP contribution is -2.32. The Morgan fingerprint density at radius 1 is 1.37 bits per heavy atom. The molecule has 142 valence electrons. The van der Waals surface area contributed by atoms with Gasteiger partial charge in [-0.15, -0.1) is 0 Å². The Bertz CT molecular complexity index is 1220. The minimum absolute atomic E-state index is 0.0487. The number of sulfonamides is 1. The number of H-pyrrole nitrogens is 1. The molecule has 3 rings (SSSR count). The van der Waals surface area contributed by atoms with Crippen molar-refractivity contribution in [2.75, 3.05) is 4.72 Å². The van der Waals surface area contributed by atoms with Crippen molar-refractivity contribution in [1.29, 1.82) is 5.26 Å². The van der Waals surface area contributed by atoms with Crippen LogP contribution >= 0.6 is 0 Å². The van der Waals surface area contributed by atoms with Crippen molar-refractivity contribution in [3.8, 4) is 6.07 Å². The van der Waals surface area contributed by atoms with E-state index in [2.05, 4.69) is 9.71 Å². The predicted molar refractivity (Wildman–Crippen MR) is 99.8 cm³/mol. The van der Waals surface area contributed by atoms with Crippen molar-refractivity contribution < 1.29 is 13.5 Å². The van der Waals surface area contributed by atoms with E-state index in [9.17, 15) is 18.3 Å². The maximum atomic E-state index is 12.8. The van der Waals surface area contributed by atoms with E-state index in [1.807, 2.05) is 6.07 Å². The summed E-state index contributed by atoms with van der Waals surface area (Å²) in [5, 5.41) is 19.4. The van der Waals surface area contributed by atoms with E-state index >= 15 is 0 Å². The molecule has 0 aliphatic rings. The molecule has 0 fully saturated rings. The molecule has 0 aliphatic heterocycles. The molecule has 0 unspecified atom stereocenters. The molecule has 0 radical (unpaired) electrons. The van der Waals surface area contributed by atoms with Gasteiger partial charge in [0.25, 0.3) is 10.0 Å². The third-order valence-electron chi connectivity index (χ3n) is 4.04. The van der Waals surface area contributed by atoms with Gasteiger partial charge in [-0.05, 0) is 19.9 Å². The molecule has 0 spiro atoms. The van der Waals surface area contributed by atoms with Crippen molar-refractivity contribution in [1.82, 2.24) is 14.1 Å². The summed E-state index contributed by atoms with van der Waals surface area (Å²) in [6.45, 7) is 3.00. The SMILES string of the molecule is Cn1c(S(=O)(=O)Nc2cccc3c(C#N)c[nH]c23)cn(CC(C)(C)O)c1=O. The van der Waals surface area contributed by atoms with Crippen molar-refractivity contribution in [3.05, 3.63) is 46.6 Å². The molecule has 27 heavy (non-hydrogen) atoms. The largest absolute Gasteiger partial charge is 0.389 e. The van der Waals surface area contributed by atoms with Gasteiger partial charge >= 0.3 is 5.69 Å². The summed E-state index contributed by atoms with van der Waals surface area (Å²) in [4.78, 5) is 15.2. The molecule has 2 aromatic heterocycles. The average Bonchev–Trinajstić information content (AvgIpc) is 3.10. The monoisotopic (exact) mass is 389 g/mol. The van der Waals surface area contributed by atoms with Gasteiger partial charge in [-0.25, -0.2) is 4.79 Å². The average molecular weight is 389 g/mol. The Morgan fingerprint density at radius 2 is 2.07 bits per heavy atom. The van der Waals surface area contributed by atoms with Crippen LogP contribution in [0.4, 0.5) is 5.69 Å². The number of fused-ring (bicyclic) bond motifs is 1. The summed E-state index contributed by atoms with van der Waals surface area (Å²) < 4.78 is 30.3. The number of aromatic nitrogens is 3. The van der Waals surface area contributed by atoms with Gasteiger partial charge in [-0.2, -0.15) is 13.7 Å². The second-order valence-corrected chi connectivity index (χ2v) is 8.53. The first-order chi connectivity index (χ1) is 12.5. The fourth-order valence-electron chi connectivity index (χ4n) is 2.87. The van der Waals surface area contributed by atoms with E-state index in [1.165, 1.54) is 33.3 Å². The topological polar surface area (TPSA) is 133 Å². The molecule has 9 nitrogen and oxygen atoms in total. The molecule has 2 heterocycles. The smallest absolute Gasteiger partial charge is 0.329 e. The molecule has 3 aromatic rings. The van der Waals surface area contributed by atoms with Gasteiger partial charge in [-0.3, -0.25) is 13.9 Å². The minimum Gasteiger partial charge on any atom is -0.389 e. The highest BCUT2D eigenvalue weighted by Crippen LogP contribution is 2.27. The van der Waals surface area contributed by atoms with Gasteiger partial charge in [0.15, 0.2) is 5.03 Å². The molecule has 1 aromatic carbocycles. The number of imidazole rings is 1. The summed E-state index contributed by atoms with van der Waals surface area (Å²) in [6.07, 6.45) is 2.69. The Kier molecular flexibility index (Phi) is 4.37. The van der Waals surface area contributed by atoms with E-state index in [0.29, 0.717) is 16.5 Å². The summed E-state index contributed by atoms with van der Waals surface area (Å²) in [5.74, 6) is 0. The third kappa shape index (κ3) is 3.47. The third-order valence-corrected chi connectivity index (χ3v) is 5.46. The maximum Gasteiger partial charge on any atom is 0.329 e. The first-order valence-electron chi connectivity index (χ1n) is 8.05. The lowest BCUT2D eigenvalue weighted by atomic mass is 10.1. The van der Waals surface area contributed by atoms with Crippen LogP contribution in [0.2, 0.25) is 0 Å². The van der Waals surface area contributed by atoms with E-state index in [1.54, 1.807) is 18.2 Å². The van der Waals surface area contributed by atoms with E-state index < -0.39 is 21.3 Å². The number of benzene rings is 1. The van der Waals surface area contributed by atoms with E-state index in [-0.39, 0.29) is 17.3 Å². The van der Waals surface area contributed by atoms with Crippen molar-refractivity contribution in [2.24, 2.45) is 7.05 Å². The van der Waals surface area contributed by atoms with E-state index in [4.69, 9.17) is 5.26 Å². The number of nitrogens with one attached hydrogen (secondary N) is 2. The lowest BCUT2D eigenvalue weighted by molar-refractivity contribution is 0.0603. The Labute approximate surface area is 155 Å². The first-order valence-corrected chi connectivity index (χ1v) is 9.53. The Hall–Kier alpha value is -3.03. The molecular formula is C17H19N5O4S. The highest BCUT2D eigenvalue weighted by Gasteiger charge is 2.25. The van der Waals surface area contributed by atoms with Gasteiger partial charge < -0.3 is 10.1 Å². The number of rotatable bonds is 5. The van der Waals surface area contributed by atoms with Crippen molar-refractivity contribution >= 4 is 26.6 Å². The minimum atomic E-state index is -4.08. The maximum absolute atomic E-state index is 12.8. The van der Waals surface area contributed by atoms with Crippen LogP contribution in [0.3, 0.4) is 0 Å². The number of hydrogen-bond donors (Lipinski definition) is 3. The Balaban J connectivity index is 2.04. The van der Waals surface area contributed by atoms with Crippen LogP contribution in [-0.2, 0) is 23.6 Å². The summed E-state index contributed by atoms with van der Waals surface area (Å²) in [5.41, 5.74) is -0.601. The number of aromatic amines is 1. The van der Waals surface area contributed by atoms with Crippen LogP contribution in [0.5, 0.6) is 0 Å². The fourth-order valence-corrected chi connectivity index (χ4v) is 4.14. The van der Waals surface area contributed by atoms with Crippen molar-refractivity contribution in [3.63, 3.8) is 0 Å². The number of hydrogen-bond acceptors (Lipinski definition) is 5.